The average molecular weight is 486 g/mol. The van der Waals surface area contributed by atoms with Gasteiger partial charge < -0.3 is 14.2 Å². The van der Waals surface area contributed by atoms with E-state index in [0.717, 1.165) is 5.56 Å². The molecule has 0 spiro atoms. The molecule has 0 bridgehead atoms. The first-order chi connectivity index (χ1) is 14.5. The number of hydrogen-bond donors (Lipinski definition) is 0. The minimum Gasteiger partial charge on any atom is -0.478 e. The first kappa shape index (κ1) is 26.1. The van der Waals surface area contributed by atoms with Gasteiger partial charge in [0.05, 0.1) is 11.5 Å². The number of sulfonamides is 1. The van der Waals surface area contributed by atoms with Crippen molar-refractivity contribution in [3.63, 3.8) is 0 Å². The highest BCUT2D eigenvalue weighted by molar-refractivity contribution is 8.23. The quantitative estimate of drug-likeness (QED) is 0.253. The molecule has 2 atom stereocenters. The van der Waals surface area contributed by atoms with Gasteiger partial charge in [-0.3, -0.25) is 0 Å². The number of thiocarbonyl (C=S) groups is 1. The van der Waals surface area contributed by atoms with E-state index in [0.29, 0.717) is 24.1 Å². The average Bonchev–Trinajstić information content (AvgIpc) is 3.09. The summed E-state index contributed by atoms with van der Waals surface area (Å²) in [6.07, 6.45) is 0. The number of nitrogens with zero attached hydrogens (tertiary/aromatic N) is 1. The highest BCUT2D eigenvalue weighted by atomic mass is 32.2. The van der Waals surface area contributed by atoms with Crippen LogP contribution in [0, 0.1) is 30.1 Å². The molecular weight excluding hydrogens is 454 g/mol. The molecule has 0 radical (unpaired) electrons. The van der Waals surface area contributed by atoms with Crippen molar-refractivity contribution in [3.05, 3.63) is 29.8 Å². The van der Waals surface area contributed by atoms with Gasteiger partial charge in [-0.1, -0.05) is 62.1 Å². The van der Waals surface area contributed by atoms with Crippen molar-refractivity contribution < 1.29 is 22.6 Å². The van der Waals surface area contributed by atoms with Crippen LogP contribution in [0.25, 0.3) is 0 Å². The Labute approximate surface area is 196 Å². The van der Waals surface area contributed by atoms with E-state index >= 15 is 0 Å². The van der Waals surface area contributed by atoms with Crippen LogP contribution in [0.5, 0.6) is 0 Å². The normalized spacial score (nSPS) is 19.6. The van der Waals surface area contributed by atoms with Crippen LogP contribution in [-0.4, -0.2) is 62.6 Å². The lowest BCUT2D eigenvalue weighted by Gasteiger charge is -2.20. The summed E-state index contributed by atoms with van der Waals surface area (Å²) in [5.74, 6) is 5.94. The van der Waals surface area contributed by atoms with Gasteiger partial charge in [0.1, 0.15) is 13.4 Å². The highest BCUT2D eigenvalue weighted by Gasteiger charge is 2.40. The van der Waals surface area contributed by atoms with Crippen LogP contribution in [0.4, 0.5) is 0 Å². The molecule has 2 unspecified atom stereocenters. The van der Waals surface area contributed by atoms with E-state index in [1.807, 2.05) is 6.92 Å². The predicted molar refractivity (Wildman–Crippen MR) is 128 cm³/mol. The smallest absolute Gasteiger partial charge is 0.243 e. The molecule has 172 valence electrons. The SMILES string of the molecule is COCOCC#CC1CN(S(=O)(=O)c2ccc(C)cc2)CC1SC(=S)OCC(C)(C)C. The molecule has 0 aliphatic carbocycles. The third-order valence-electron chi connectivity index (χ3n) is 4.42. The standard InChI is InChI=1S/C22H31NO5S3/c1-17-8-10-19(11-9-17)31(24,25)23-13-18(7-6-12-27-16-26-5)20(14-23)30-21(29)28-15-22(2,3)4/h8-11,18,20H,12-16H2,1-5H3. The molecule has 0 amide bonds. The third kappa shape index (κ3) is 8.37. The van der Waals surface area contributed by atoms with E-state index in [1.165, 1.54) is 16.1 Å². The molecule has 9 heteroatoms. The Bertz CT molecular complexity index is 898. The fraction of sp³-hybridized carbons (Fsp3) is 0.591. The Kier molecular flexibility index (Phi) is 9.80. The molecular formula is C22H31NO5S3. The van der Waals surface area contributed by atoms with E-state index in [2.05, 4.69) is 32.6 Å². The Morgan fingerprint density at radius 2 is 1.94 bits per heavy atom. The lowest BCUT2D eigenvalue weighted by atomic mass is 9.99. The Morgan fingerprint density at radius 3 is 2.55 bits per heavy atom. The molecule has 6 nitrogen and oxygen atoms in total. The monoisotopic (exact) mass is 485 g/mol. The van der Waals surface area contributed by atoms with Gasteiger partial charge in [-0.2, -0.15) is 4.31 Å². The molecule has 1 aliphatic rings. The summed E-state index contributed by atoms with van der Waals surface area (Å²) in [6.45, 7) is 9.63. The fourth-order valence-electron chi connectivity index (χ4n) is 2.83. The summed E-state index contributed by atoms with van der Waals surface area (Å²) < 4.78 is 44.0. The number of aryl methyl sites for hydroxylation is 1. The molecule has 31 heavy (non-hydrogen) atoms. The maximum atomic E-state index is 13.2. The van der Waals surface area contributed by atoms with Crippen molar-refractivity contribution in [1.29, 1.82) is 0 Å². The maximum absolute atomic E-state index is 13.2. The van der Waals surface area contributed by atoms with Gasteiger partial charge >= 0.3 is 0 Å². The van der Waals surface area contributed by atoms with Crippen LogP contribution < -0.4 is 0 Å². The zero-order chi connectivity index (χ0) is 23.1. The van der Waals surface area contributed by atoms with E-state index in [4.69, 9.17) is 26.4 Å². The van der Waals surface area contributed by atoms with Crippen molar-refractivity contribution in [3.8, 4) is 11.8 Å². The van der Waals surface area contributed by atoms with Gasteiger partial charge in [0, 0.05) is 31.4 Å². The first-order valence-electron chi connectivity index (χ1n) is 9.98. The topological polar surface area (TPSA) is 65.1 Å². The Balaban J connectivity index is 2.14. The zero-order valence-corrected chi connectivity index (χ0v) is 21.2. The van der Waals surface area contributed by atoms with Crippen LogP contribution in [-0.2, 0) is 24.2 Å². The second kappa shape index (κ2) is 11.6. The molecule has 2 rings (SSSR count). The fourth-order valence-corrected chi connectivity index (χ4v) is 5.80. The van der Waals surface area contributed by atoms with Gasteiger partial charge in [-0.25, -0.2) is 8.42 Å². The zero-order valence-electron chi connectivity index (χ0n) is 18.7. The summed E-state index contributed by atoms with van der Waals surface area (Å²) in [5.41, 5.74) is 0.994. The summed E-state index contributed by atoms with van der Waals surface area (Å²) in [4.78, 5) is 0.283. The molecule has 1 aliphatic heterocycles. The second-order valence-electron chi connectivity index (χ2n) is 8.57. The van der Waals surface area contributed by atoms with Gasteiger partial charge in [0.15, 0.2) is 0 Å². The highest BCUT2D eigenvalue weighted by Crippen LogP contribution is 2.33. The molecule has 0 aromatic heterocycles. The summed E-state index contributed by atoms with van der Waals surface area (Å²) in [7, 11) is -2.07. The van der Waals surface area contributed by atoms with E-state index in [1.54, 1.807) is 31.4 Å². The number of rotatable bonds is 7. The van der Waals surface area contributed by atoms with Crippen molar-refractivity contribution in [1.82, 2.24) is 4.31 Å². The van der Waals surface area contributed by atoms with E-state index < -0.39 is 10.0 Å². The maximum Gasteiger partial charge on any atom is 0.243 e. The summed E-state index contributed by atoms with van der Waals surface area (Å²) in [6, 6.07) is 6.88. The summed E-state index contributed by atoms with van der Waals surface area (Å²) >= 11 is 6.78. The first-order valence-corrected chi connectivity index (χ1v) is 12.7. The number of ether oxygens (including phenoxy) is 3. The Hall–Kier alpha value is -1.15. The molecule has 0 N–H and O–H groups in total. The van der Waals surface area contributed by atoms with E-state index in [9.17, 15) is 8.42 Å². The van der Waals surface area contributed by atoms with Gasteiger partial charge in [-0.15, -0.1) is 0 Å². The van der Waals surface area contributed by atoms with Crippen molar-refractivity contribution in [2.24, 2.45) is 11.3 Å². The van der Waals surface area contributed by atoms with Crippen LogP contribution in [0.3, 0.4) is 0 Å². The predicted octanol–water partition coefficient (Wildman–Crippen LogP) is 3.69. The Morgan fingerprint density at radius 1 is 1.26 bits per heavy atom. The molecule has 1 aromatic carbocycles. The van der Waals surface area contributed by atoms with Crippen LogP contribution in [0.1, 0.15) is 26.3 Å². The van der Waals surface area contributed by atoms with Gasteiger partial charge in [0.2, 0.25) is 14.4 Å². The minimum atomic E-state index is -3.61. The third-order valence-corrected chi connectivity index (χ3v) is 7.77. The molecule has 1 heterocycles. The van der Waals surface area contributed by atoms with Crippen molar-refractivity contribution >= 4 is 38.4 Å². The van der Waals surface area contributed by atoms with Crippen LogP contribution in [0.2, 0.25) is 0 Å². The number of hydrogen-bond acceptors (Lipinski definition) is 7. The molecule has 1 fully saturated rings. The number of benzene rings is 1. The second-order valence-corrected chi connectivity index (χ2v) is 12.4. The largest absolute Gasteiger partial charge is 0.478 e. The van der Waals surface area contributed by atoms with Crippen LogP contribution >= 0.6 is 24.0 Å². The molecule has 1 aromatic rings. The lowest BCUT2D eigenvalue weighted by Crippen LogP contribution is -2.29. The molecule has 1 saturated heterocycles. The number of methoxy groups -OCH3 is 1. The lowest BCUT2D eigenvalue weighted by molar-refractivity contribution is -0.0166. The molecule has 0 saturated carbocycles. The van der Waals surface area contributed by atoms with E-state index in [-0.39, 0.29) is 34.9 Å². The van der Waals surface area contributed by atoms with Crippen LogP contribution in [0.15, 0.2) is 29.2 Å². The van der Waals surface area contributed by atoms with Crippen molar-refractivity contribution in [2.45, 2.75) is 37.8 Å². The van der Waals surface area contributed by atoms with Crippen molar-refractivity contribution in [2.75, 3.05) is 40.2 Å². The van der Waals surface area contributed by atoms with Gasteiger partial charge in [-0.05, 0) is 36.7 Å². The summed E-state index contributed by atoms with van der Waals surface area (Å²) in [5, 5.41) is -0.123. The van der Waals surface area contributed by atoms with Gasteiger partial charge in [0.25, 0.3) is 0 Å². The number of thioether (sulfide) groups is 1. The minimum absolute atomic E-state index is 0.0149.